The molecule has 19 heavy (non-hydrogen) atoms. The summed E-state index contributed by atoms with van der Waals surface area (Å²) >= 11 is 0. The van der Waals surface area contributed by atoms with Gasteiger partial charge in [0.1, 0.15) is 5.75 Å². The summed E-state index contributed by atoms with van der Waals surface area (Å²) in [5, 5.41) is 2.89. The van der Waals surface area contributed by atoms with Gasteiger partial charge in [-0.3, -0.25) is 0 Å². The zero-order valence-electron chi connectivity index (χ0n) is 10.6. The van der Waals surface area contributed by atoms with Gasteiger partial charge in [-0.1, -0.05) is 0 Å². The Morgan fingerprint density at radius 3 is 2.84 bits per heavy atom. The Morgan fingerprint density at radius 1 is 1.16 bits per heavy atom. The van der Waals surface area contributed by atoms with Crippen LogP contribution < -0.4 is 19.5 Å². The number of fused-ring (bicyclic) bond motifs is 1. The smallest absolute Gasteiger partial charge is 0.231 e. The summed E-state index contributed by atoms with van der Waals surface area (Å²) in [5.41, 5.74) is 0.829. The summed E-state index contributed by atoms with van der Waals surface area (Å²) in [6.07, 6.45) is 0. The van der Waals surface area contributed by atoms with E-state index < -0.39 is 0 Å². The van der Waals surface area contributed by atoms with E-state index in [1.807, 2.05) is 19.1 Å². The molecule has 0 atom stereocenters. The van der Waals surface area contributed by atoms with Gasteiger partial charge in [-0.05, 0) is 19.1 Å². The van der Waals surface area contributed by atoms with Crippen molar-refractivity contribution in [3.8, 4) is 23.1 Å². The number of benzene rings is 1. The van der Waals surface area contributed by atoms with E-state index >= 15 is 0 Å². The van der Waals surface area contributed by atoms with Crippen LogP contribution in [0.2, 0.25) is 0 Å². The maximum atomic E-state index is 5.70. The second kappa shape index (κ2) is 4.64. The van der Waals surface area contributed by atoms with Gasteiger partial charge < -0.3 is 19.5 Å². The molecule has 2 heterocycles. The summed E-state index contributed by atoms with van der Waals surface area (Å²) in [6, 6.07) is 7.17. The highest BCUT2D eigenvalue weighted by Gasteiger charge is 2.14. The number of ether oxygens (including phenoxy) is 3. The third-order valence-corrected chi connectivity index (χ3v) is 2.62. The number of nitrogens with one attached hydrogen (secondary N) is 1. The van der Waals surface area contributed by atoms with E-state index in [2.05, 4.69) is 15.3 Å². The van der Waals surface area contributed by atoms with Gasteiger partial charge >= 0.3 is 0 Å². The highest BCUT2D eigenvalue weighted by molar-refractivity contribution is 5.47. The largest absolute Gasteiger partial charge is 0.454 e. The second-order valence-corrected chi connectivity index (χ2v) is 4.04. The van der Waals surface area contributed by atoms with E-state index in [0.717, 1.165) is 11.4 Å². The van der Waals surface area contributed by atoms with Gasteiger partial charge in [0, 0.05) is 24.9 Å². The molecule has 3 rings (SSSR count). The van der Waals surface area contributed by atoms with Gasteiger partial charge in [-0.2, -0.15) is 4.98 Å². The van der Waals surface area contributed by atoms with Crippen LogP contribution in [-0.2, 0) is 0 Å². The molecule has 0 aliphatic carbocycles. The second-order valence-electron chi connectivity index (χ2n) is 4.04. The summed E-state index contributed by atoms with van der Waals surface area (Å²) in [4.78, 5) is 8.43. The van der Waals surface area contributed by atoms with Gasteiger partial charge in [-0.25, -0.2) is 4.98 Å². The van der Waals surface area contributed by atoms with Crippen LogP contribution in [0.1, 0.15) is 5.69 Å². The fraction of sp³-hybridized carbons (Fsp3) is 0.231. The Bertz CT molecular complexity index is 616. The minimum absolute atomic E-state index is 0.245. The molecule has 0 fully saturated rings. The van der Waals surface area contributed by atoms with Crippen molar-refractivity contribution in [3.05, 3.63) is 30.0 Å². The quantitative estimate of drug-likeness (QED) is 0.912. The lowest BCUT2D eigenvalue weighted by Gasteiger charge is -2.07. The summed E-state index contributed by atoms with van der Waals surface area (Å²) in [5.74, 6) is 3.05. The predicted molar refractivity (Wildman–Crippen MR) is 69.0 cm³/mol. The molecule has 0 radical (unpaired) electrons. The molecule has 6 heteroatoms. The Kier molecular flexibility index (Phi) is 2.83. The molecule has 0 unspecified atom stereocenters. The number of hydrogen-bond acceptors (Lipinski definition) is 6. The van der Waals surface area contributed by atoms with Crippen LogP contribution in [0.5, 0.6) is 23.1 Å². The molecule has 1 aliphatic heterocycles. The van der Waals surface area contributed by atoms with Crippen molar-refractivity contribution in [1.29, 1.82) is 0 Å². The third-order valence-electron chi connectivity index (χ3n) is 2.62. The van der Waals surface area contributed by atoms with Gasteiger partial charge in [0.25, 0.3) is 0 Å². The molecule has 0 spiro atoms. The Balaban J connectivity index is 1.86. The molecule has 98 valence electrons. The lowest BCUT2D eigenvalue weighted by atomic mass is 10.3. The van der Waals surface area contributed by atoms with Crippen LogP contribution >= 0.6 is 0 Å². The van der Waals surface area contributed by atoms with Crippen molar-refractivity contribution in [2.45, 2.75) is 6.92 Å². The average molecular weight is 259 g/mol. The van der Waals surface area contributed by atoms with E-state index in [1.165, 1.54) is 0 Å². The van der Waals surface area contributed by atoms with E-state index in [0.29, 0.717) is 23.3 Å². The maximum Gasteiger partial charge on any atom is 0.231 e. The van der Waals surface area contributed by atoms with Crippen LogP contribution in [-0.4, -0.2) is 23.8 Å². The molecule has 0 bridgehead atoms. The number of aromatic nitrogens is 2. The Morgan fingerprint density at radius 2 is 2.00 bits per heavy atom. The highest BCUT2D eigenvalue weighted by Crippen LogP contribution is 2.36. The minimum Gasteiger partial charge on any atom is -0.454 e. The Hall–Kier alpha value is -2.50. The average Bonchev–Trinajstić information content (AvgIpc) is 2.85. The van der Waals surface area contributed by atoms with Crippen molar-refractivity contribution in [1.82, 2.24) is 9.97 Å². The van der Waals surface area contributed by atoms with Gasteiger partial charge in [0.2, 0.25) is 18.6 Å². The molecule has 0 saturated heterocycles. The van der Waals surface area contributed by atoms with E-state index in [9.17, 15) is 0 Å². The summed E-state index contributed by atoms with van der Waals surface area (Å²) in [7, 11) is 1.76. The first-order valence-corrected chi connectivity index (χ1v) is 5.85. The molecule has 0 amide bonds. The predicted octanol–water partition coefficient (Wildman–Crippen LogP) is 2.35. The van der Waals surface area contributed by atoms with Gasteiger partial charge in [-0.15, -0.1) is 0 Å². The molecule has 2 aromatic rings. The fourth-order valence-corrected chi connectivity index (χ4v) is 1.76. The molecule has 6 nitrogen and oxygen atoms in total. The van der Waals surface area contributed by atoms with Crippen molar-refractivity contribution >= 4 is 5.95 Å². The SMILES string of the molecule is CNc1nc(C)cc(Oc2ccc3c(c2)OCO3)n1. The van der Waals surface area contributed by atoms with Crippen molar-refractivity contribution < 1.29 is 14.2 Å². The summed E-state index contributed by atoms with van der Waals surface area (Å²) < 4.78 is 16.2. The molecule has 1 aliphatic rings. The van der Waals surface area contributed by atoms with Crippen LogP contribution in [0, 0.1) is 6.92 Å². The zero-order valence-corrected chi connectivity index (χ0v) is 10.6. The van der Waals surface area contributed by atoms with Gasteiger partial charge in [0.05, 0.1) is 0 Å². The van der Waals surface area contributed by atoms with Crippen LogP contribution in [0.4, 0.5) is 5.95 Å². The van der Waals surface area contributed by atoms with Crippen molar-refractivity contribution in [2.24, 2.45) is 0 Å². The maximum absolute atomic E-state index is 5.70. The highest BCUT2D eigenvalue weighted by atomic mass is 16.7. The number of hydrogen-bond donors (Lipinski definition) is 1. The molecular weight excluding hydrogens is 246 g/mol. The third kappa shape index (κ3) is 2.37. The van der Waals surface area contributed by atoms with Crippen LogP contribution in [0.15, 0.2) is 24.3 Å². The van der Waals surface area contributed by atoms with Crippen LogP contribution in [0.3, 0.4) is 0 Å². The molecule has 1 N–H and O–H groups in total. The fourth-order valence-electron chi connectivity index (χ4n) is 1.76. The number of anilines is 1. The molecule has 1 aromatic carbocycles. The monoisotopic (exact) mass is 259 g/mol. The zero-order chi connectivity index (χ0) is 13.2. The van der Waals surface area contributed by atoms with Crippen molar-refractivity contribution in [2.75, 3.05) is 19.2 Å². The summed E-state index contributed by atoms with van der Waals surface area (Å²) in [6.45, 7) is 2.13. The molecule has 1 aromatic heterocycles. The standard InChI is InChI=1S/C13H13N3O3/c1-8-5-12(16-13(14-2)15-8)19-9-3-4-10-11(6-9)18-7-17-10/h3-6H,7H2,1-2H3,(H,14,15,16). The van der Waals surface area contributed by atoms with E-state index in [-0.39, 0.29) is 6.79 Å². The van der Waals surface area contributed by atoms with Crippen molar-refractivity contribution in [3.63, 3.8) is 0 Å². The van der Waals surface area contributed by atoms with Gasteiger partial charge in [0.15, 0.2) is 11.5 Å². The number of aryl methyl sites for hydroxylation is 1. The van der Waals surface area contributed by atoms with E-state index in [4.69, 9.17) is 14.2 Å². The number of rotatable bonds is 3. The molecular formula is C13H13N3O3. The Labute approximate surface area is 110 Å². The van der Waals surface area contributed by atoms with E-state index in [1.54, 1.807) is 19.2 Å². The first-order chi connectivity index (χ1) is 9.24. The van der Waals surface area contributed by atoms with Crippen LogP contribution in [0.25, 0.3) is 0 Å². The lowest BCUT2D eigenvalue weighted by Crippen LogP contribution is -1.99. The normalized spacial score (nSPS) is 12.3. The topological polar surface area (TPSA) is 65.5 Å². The first-order valence-electron chi connectivity index (χ1n) is 5.85. The number of nitrogens with zero attached hydrogens (tertiary/aromatic N) is 2. The first kappa shape index (κ1) is 11.6. The minimum atomic E-state index is 0.245. The molecule has 0 saturated carbocycles. The lowest BCUT2D eigenvalue weighted by molar-refractivity contribution is 0.174.